The lowest BCUT2D eigenvalue weighted by Gasteiger charge is -2.33. The smallest absolute Gasteiger partial charge is 0.332 e. The molecule has 0 unspecified atom stereocenters. The van der Waals surface area contributed by atoms with Crippen molar-refractivity contribution < 1.29 is 14.4 Å². The SMILES string of the molecule is CN1C(=O)N(c2cc(Cl)cc(Cl)c2)C(=O)[C@]12CN(C(=O)C=Cc1cccnc1)C[C@H]2c1ccc(C#N)cc1. The molecule has 3 heterocycles. The van der Waals surface area contributed by atoms with E-state index in [1.807, 2.05) is 6.07 Å². The van der Waals surface area contributed by atoms with Gasteiger partial charge in [-0.1, -0.05) is 41.4 Å². The van der Waals surface area contributed by atoms with Gasteiger partial charge in [0.25, 0.3) is 5.91 Å². The van der Waals surface area contributed by atoms with Crippen LogP contribution in [0.4, 0.5) is 10.5 Å². The van der Waals surface area contributed by atoms with Crippen LogP contribution in [0.1, 0.15) is 22.6 Å². The van der Waals surface area contributed by atoms with Crippen LogP contribution in [0.2, 0.25) is 10.0 Å². The summed E-state index contributed by atoms with van der Waals surface area (Å²) in [6, 6.07) is 16.5. The van der Waals surface area contributed by atoms with Crippen molar-refractivity contribution in [1.29, 1.82) is 5.26 Å². The van der Waals surface area contributed by atoms with Gasteiger partial charge in [-0.2, -0.15) is 5.26 Å². The van der Waals surface area contributed by atoms with E-state index >= 15 is 0 Å². The molecule has 1 aromatic heterocycles. The normalized spacial score (nSPS) is 21.1. The van der Waals surface area contributed by atoms with Crippen molar-refractivity contribution >= 4 is 52.8 Å². The second kappa shape index (κ2) is 9.93. The predicted octanol–water partition coefficient (Wildman–Crippen LogP) is 4.74. The third kappa shape index (κ3) is 4.30. The first-order valence-corrected chi connectivity index (χ1v) is 12.5. The molecule has 10 heteroatoms. The van der Waals surface area contributed by atoms with Gasteiger partial charge < -0.3 is 9.80 Å². The highest BCUT2D eigenvalue weighted by molar-refractivity contribution is 6.36. The Morgan fingerprint density at radius 2 is 1.84 bits per heavy atom. The molecule has 3 aromatic rings. The van der Waals surface area contributed by atoms with Crippen LogP contribution in [0, 0.1) is 11.3 Å². The first kappa shape index (κ1) is 25.5. The van der Waals surface area contributed by atoms with Crippen LogP contribution in [0.15, 0.2) is 73.1 Å². The summed E-state index contributed by atoms with van der Waals surface area (Å²) in [5, 5.41) is 9.80. The molecule has 38 heavy (non-hydrogen) atoms. The quantitative estimate of drug-likeness (QED) is 0.348. The van der Waals surface area contributed by atoms with Crippen molar-refractivity contribution in [1.82, 2.24) is 14.8 Å². The number of nitrogens with zero attached hydrogens (tertiary/aromatic N) is 5. The van der Waals surface area contributed by atoms with Gasteiger partial charge in [-0.05, 0) is 53.6 Å². The Bertz CT molecular complexity index is 1480. The molecular formula is C28H21Cl2N5O3. The Hall–Kier alpha value is -4.19. The molecule has 4 amide bonds. The Balaban J connectivity index is 1.56. The van der Waals surface area contributed by atoms with E-state index in [1.165, 1.54) is 29.2 Å². The van der Waals surface area contributed by atoms with E-state index in [1.54, 1.807) is 60.7 Å². The molecule has 0 N–H and O–H groups in total. The van der Waals surface area contributed by atoms with E-state index in [0.29, 0.717) is 5.56 Å². The lowest BCUT2D eigenvalue weighted by molar-refractivity contribution is -0.127. The molecule has 2 fully saturated rings. The van der Waals surface area contributed by atoms with Gasteiger partial charge in [-0.25, -0.2) is 9.69 Å². The second-order valence-electron chi connectivity index (χ2n) is 9.16. The minimum absolute atomic E-state index is 0.0141. The van der Waals surface area contributed by atoms with Crippen molar-refractivity contribution in [3.8, 4) is 6.07 Å². The zero-order valence-corrected chi connectivity index (χ0v) is 21.7. The maximum absolute atomic E-state index is 14.2. The molecule has 2 aliphatic rings. The first-order chi connectivity index (χ1) is 18.2. The van der Waals surface area contributed by atoms with Crippen molar-refractivity contribution in [2.45, 2.75) is 11.5 Å². The van der Waals surface area contributed by atoms with Crippen LogP contribution in [0.5, 0.6) is 0 Å². The standard InChI is InChI=1S/C28H21Cl2N5O3/c1-33-27(38)35(23-12-21(29)11-22(30)13-23)26(37)28(33)17-34(25(36)9-6-19-3-2-10-32-15-19)16-24(28)20-7-4-18(14-31)5-8-20/h2-13,15,24H,16-17H2,1H3/t24-,28+/m0/s1. The fraction of sp³-hybridized carbons (Fsp3) is 0.179. The largest absolute Gasteiger partial charge is 0.336 e. The average molecular weight is 546 g/mol. The summed E-state index contributed by atoms with van der Waals surface area (Å²) in [6.07, 6.45) is 6.36. The van der Waals surface area contributed by atoms with Gasteiger partial charge in [-0.15, -0.1) is 0 Å². The van der Waals surface area contributed by atoms with E-state index in [-0.39, 0.29) is 34.7 Å². The van der Waals surface area contributed by atoms with Crippen molar-refractivity contribution in [2.24, 2.45) is 0 Å². The molecular weight excluding hydrogens is 525 g/mol. The number of hydrogen-bond donors (Lipinski definition) is 0. The van der Waals surface area contributed by atoms with E-state index in [2.05, 4.69) is 11.1 Å². The lowest BCUT2D eigenvalue weighted by Crippen LogP contribution is -2.53. The fourth-order valence-electron chi connectivity index (χ4n) is 5.12. The molecule has 5 rings (SSSR count). The molecule has 190 valence electrons. The third-order valence-electron chi connectivity index (χ3n) is 7.02. The fourth-order valence-corrected chi connectivity index (χ4v) is 5.64. The highest BCUT2D eigenvalue weighted by Crippen LogP contribution is 2.46. The Morgan fingerprint density at radius 1 is 1.13 bits per heavy atom. The lowest BCUT2D eigenvalue weighted by atomic mass is 9.80. The summed E-state index contributed by atoms with van der Waals surface area (Å²) in [4.78, 5) is 49.1. The summed E-state index contributed by atoms with van der Waals surface area (Å²) in [5.74, 6) is -1.33. The van der Waals surface area contributed by atoms with Gasteiger partial charge in [0, 0.05) is 48.0 Å². The Morgan fingerprint density at radius 3 is 2.47 bits per heavy atom. The van der Waals surface area contributed by atoms with Crippen LogP contribution in [0.25, 0.3) is 6.08 Å². The zero-order valence-electron chi connectivity index (χ0n) is 20.2. The molecule has 2 saturated heterocycles. The number of urea groups is 1. The number of hydrogen-bond acceptors (Lipinski definition) is 5. The summed E-state index contributed by atoms with van der Waals surface area (Å²) in [5.41, 5.74) is 0.824. The number of benzene rings is 2. The van der Waals surface area contributed by atoms with Gasteiger partial charge in [0.05, 0.1) is 23.9 Å². The summed E-state index contributed by atoms with van der Waals surface area (Å²) < 4.78 is 0. The maximum atomic E-state index is 14.2. The molecule has 1 spiro atoms. The number of pyridine rings is 1. The van der Waals surface area contributed by atoms with Crippen LogP contribution in [-0.4, -0.2) is 58.3 Å². The molecule has 8 nitrogen and oxygen atoms in total. The number of halogens is 2. The van der Waals surface area contributed by atoms with Gasteiger partial charge in [0.15, 0.2) is 0 Å². The van der Waals surface area contributed by atoms with Gasteiger partial charge in [0.2, 0.25) is 5.91 Å². The van der Waals surface area contributed by atoms with Gasteiger partial charge in [-0.3, -0.25) is 14.6 Å². The highest BCUT2D eigenvalue weighted by Gasteiger charge is 2.64. The molecule has 0 saturated carbocycles. The highest BCUT2D eigenvalue weighted by atomic mass is 35.5. The van der Waals surface area contributed by atoms with Crippen molar-refractivity contribution in [3.63, 3.8) is 0 Å². The van der Waals surface area contributed by atoms with E-state index in [9.17, 15) is 19.6 Å². The first-order valence-electron chi connectivity index (χ1n) is 11.7. The number of likely N-dealkylation sites (tertiary alicyclic amines) is 1. The number of aromatic nitrogens is 1. The molecule has 0 bridgehead atoms. The maximum Gasteiger partial charge on any atom is 0.332 e. The number of carbonyl (C=O) groups excluding carboxylic acids is 3. The van der Waals surface area contributed by atoms with Crippen molar-refractivity contribution in [3.05, 3.63) is 99.8 Å². The molecule has 2 atom stereocenters. The average Bonchev–Trinajstić information content (AvgIpc) is 3.40. The van der Waals surface area contributed by atoms with E-state index < -0.39 is 23.4 Å². The summed E-state index contributed by atoms with van der Waals surface area (Å²) in [7, 11) is 1.56. The number of carbonyl (C=O) groups is 3. The molecule has 0 aliphatic carbocycles. The van der Waals surface area contributed by atoms with Crippen molar-refractivity contribution in [2.75, 3.05) is 25.0 Å². The monoisotopic (exact) mass is 545 g/mol. The predicted molar refractivity (Wildman–Crippen MR) is 144 cm³/mol. The minimum Gasteiger partial charge on any atom is -0.336 e. The summed E-state index contributed by atoms with van der Waals surface area (Å²) in [6.45, 7) is 0.176. The van der Waals surface area contributed by atoms with E-state index in [4.69, 9.17) is 23.2 Å². The Kier molecular flexibility index (Phi) is 6.66. The number of anilines is 1. The number of amides is 4. The van der Waals surface area contributed by atoms with E-state index in [0.717, 1.165) is 16.0 Å². The molecule has 2 aromatic carbocycles. The van der Waals surface area contributed by atoms with Crippen LogP contribution >= 0.6 is 23.2 Å². The van der Waals surface area contributed by atoms with Gasteiger partial charge in [0.1, 0.15) is 5.54 Å². The van der Waals surface area contributed by atoms with Crippen LogP contribution in [-0.2, 0) is 9.59 Å². The van der Waals surface area contributed by atoms with Crippen LogP contribution in [0.3, 0.4) is 0 Å². The number of imide groups is 1. The third-order valence-corrected chi connectivity index (χ3v) is 7.46. The van der Waals surface area contributed by atoms with Crippen LogP contribution < -0.4 is 4.90 Å². The zero-order chi connectivity index (χ0) is 27.0. The van der Waals surface area contributed by atoms with Gasteiger partial charge >= 0.3 is 6.03 Å². The Labute approximate surface area is 229 Å². The number of likely N-dealkylation sites (N-methyl/N-ethyl adjacent to an activating group) is 1. The summed E-state index contributed by atoms with van der Waals surface area (Å²) >= 11 is 12.4. The number of rotatable bonds is 4. The molecule has 2 aliphatic heterocycles. The second-order valence-corrected chi connectivity index (χ2v) is 10.0. The minimum atomic E-state index is -1.38. The topological polar surface area (TPSA) is 97.6 Å². The molecule has 0 radical (unpaired) electrons. The number of nitriles is 1.